The van der Waals surface area contributed by atoms with Gasteiger partial charge in [-0.05, 0) is 0 Å². The van der Waals surface area contributed by atoms with Crippen molar-refractivity contribution in [2.24, 2.45) is 0 Å². The van der Waals surface area contributed by atoms with E-state index < -0.39 is 64.7 Å². The topological polar surface area (TPSA) is 415 Å². The first-order chi connectivity index (χ1) is 10.4. The second-order valence-electron chi connectivity index (χ2n) is 1.13. The Labute approximate surface area is 187 Å². The third-order valence-corrected chi connectivity index (χ3v) is 0. The Morgan fingerprint density at radius 1 is 0.192 bits per heavy atom. The van der Waals surface area contributed by atoms with E-state index in [0.717, 1.165) is 0 Å². The summed E-state index contributed by atoms with van der Waals surface area (Å²) in [6, 6.07) is 0. The van der Waals surface area contributed by atoms with Gasteiger partial charge in [-0.2, -0.15) is 0 Å². The van der Waals surface area contributed by atoms with Gasteiger partial charge >= 0.3 is 40.2 Å². The van der Waals surface area contributed by atoms with Gasteiger partial charge in [0.2, 0.25) is 0 Å². The molecule has 0 unspecified atom stereocenters. The minimum Gasteiger partial charge on any atom is -0.357 e. The zero-order valence-corrected chi connectivity index (χ0v) is 19.6. The fourth-order valence-electron chi connectivity index (χ4n) is 0. The molecule has 26 heavy (non-hydrogen) atoms. The molecular weight excluding hydrogens is 885 g/mol. The Morgan fingerprint density at radius 3 is 0.192 bits per heavy atom. The van der Waals surface area contributed by atoms with E-state index in [1.165, 1.54) is 0 Å². The predicted octanol–water partition coefficient (Wildman–Crippen LogP) is -21.4. The minimum atomic E-state index is -2.85. The second kappa shape index (κ2) is 45.8. The van der Waals surface area contributed by atoms with Gasteiger partial charge in [-0.25, -0.2) is 0 Å². The third-order valence-electron chi connectivity index (χ3n) is 0. The van der Waals surface area contributed by atoms with Crippen LogP contribution in [0.1, 0.15) is 0 Å². The Bertz CT molecular complexity index is 105. The summed E-state index contributed by atoms with van der Waals surface area (Å²) in [5.74, 6) is 0. The summed E-state index contributed by atoms with van der Waals surface area (Å²) in [7, 11) is -17.1. The largest absolute Gasteiger partial charge is 3.00 e. The maximum Gasteiger partial charge on any atom is 3.00 e. The number of halogens is 6. The Morgan fingerprint density at radius 2 is 0.192 bits per heavy atom. The maximum atomic E-state index is 8.41. The van der Waals surface area contributed by atoms with Crippen molar-refractivity contribution in [1.82, 2.24) is 0 Å². The van der Waals surface area contributed by atoms with Gasteiger partial charge in [0.15, 0.2) is 0 Å². The molecule has 0 aromatic rings. The molecule has 0 aliphatic carbocycles. The molecule has 0 amide bonds. The van der Waals surface area contributed by atoms with Crippen LogP contribution in [0.2, 0.25) is 0 Å². The molecule has 0 saturated heterocycles. The van der Waals surface area contributed by atoms with Crippen LogP contribution in [0.3, 0.4) is 0 Å². The van der Waals surface area contributed by atoms with Gasteiger partial charge in [0.25, 0.3) is 0 Å². The number of hydrogen-bond donors (Lipinski definition) is 0. The van der Waals surface area contributed by atoms with Crippen LogP contribution in [0.5, 0.6) is 0 Å². The molecule has 0 heterocycles. The zero-order valence-electron chi connectivity index (χ0n) is 10.3. The number of rotatable bonds is 0. The quantitative estimate of drug-likeness (QED) is 0.218. The van der Waals surface area contributed by atoms with Crippen molar-refractivity contribution in [3.63, 3.8) is 0 Å². The van der Waals surface area contributed by atoms with Gasteiger partial charge < -0.3 is 83.9 Å². The van der Waals surface area contributed by atoms with Crippen LogP contribution in [0.15, 0.2) is 0 Å². The average Bonchev–Trinajstić information content (AvgIpc) is 2.08. The minimum absolute atomic E-state index is 0. The standard InChI is InChI=1S/6ClO3.2Ir/c6*2-1(3)4;;/q6*-1;2*+3. The predicted molar refractivity (Wildman–Crippen MR) is 0 cm³/mol. The van der Waals surface area contributed by atoms with Crippen LogP contribution < -0.4 is 83.9 Å². The molecule has 0 aliphatic rings. The van der Waals surface area contributed by atoms with Crippen molar-refractivity contribution >= 4 is 0 Å². The second-order valence-corrected chi connectivity index (χ2v) is 3.40. The van der Waals surface area contributed by atoms with E-state index >= 15 is 0 Å². The van der Waals surface area contributed by atoms with Gasteiger partial charge in [-0.1, -0.05) is 0 Å². The van der Waals surface area contributed by atoms with Crippen molar-refractivity contribution in [3.8, 4) is 0 Å². The Kier molecular flexibility index (Phi) is 90.2. The van der Waals surface area contributed by atoms with Crippen LogP contribution in [0.25, 0.3) is 0 Å². The molecule has 0 aromatic carbocycles. The van der Waals surface area contributed by atoms with E-state index in [2.05, 4.69) is 0 Å². The van der Waals surface area contributed by atoms with Crippen molar-refractivity contribution in [1.29, 1.82) is 0 Å². The van der Waals surface area contributed by atoms with Gasteiger partial charge in [0.1, 0.15) is 0 Å². The fourth-order valence-corrected chi connectivity index (χ4v) is 0. The Balaban J connectivity index is -0.0000000245. The van der Waals surface area contributed by atoms with Crippen LogP contribution in [0, 0.1) is 64.7 Å². The zero-order chi connectivity index (χ0) is 21.5. The summed E-state index contributed by atoms with van der Waals surface area (Å²) in [6.07, 6.45) is 0. The summed E-state index contributed by atoms with van der Waals surface area (Å²) in [4.78, 5) is 0. The summed E-state index contributed by atoms with van der Waals surface area (Å²) in [5.41, 5.74) is 0. The van der Waals surface area contributed by atoms with Crippen LogP contribution >= 0.6 is 0 Å². The molecule has 18 nitrogen and oxygen atoms in total. The average molecular weight is 885 g/mol. The first-order valence-electron chi connectivity index (χ1n) is 2.78. The van der Waals surface area contributed by atoms with Gasteiger partial charge in [0, 0.05) is 0 Å². The van der Waals surface area contributed by atoms with E-state index in [0.29, 0.717) is 0 Å². The molecule has 0 N–H and O–H groups in total. The summed E-state index contributed by atoms with van der Waals surface area (Å²) in [5, 5.41) is 0. The summed E-state index contributed by atoms with van der Waals surface area (Å²) < 4.78 is 151. The SMILES string of the molecule is [Ir+3].[Ir+3].[O-][Cl+2]([O-])[O-].[O-][Cl+2]([O-])[O-].[O-][Cl+2]([O-])[O-].[O-][Cl+2]([O-])[O-].[O-][Cl+2]([O-])[O-].[O-][Cl+2]([O-])[O-]. The molecule has 0 atom stereocenters. The molecule has 0 spiro atoms. The van der Waals surface area contributed by atoms with E-state index in [1.807, 2.05) is 0 Å². The summed E-state index contributed by atoms with van der Waals surface area (Å²) >= 11 is 0. The van der Waals surface area contributed by atoms with E-state index in [1.54, 1.807) is 0 Å². The monoisotopic (exact) mass is 884 g/mol. The maximum absolute atomic E-state index is 8.41. The van der Waals surface area contributed by atoms with Gasteiger partial charge in [0.05, 0.1) is 64.7 Å². The van der Waals surface area contributed by atoms with Gasteiger partial charge in [-0.15, -0.1) is 0 Å². The van der Waals surface area contributed by atoms with E-state index in [9.17, 15) is 0 Å². The van der Waals surface area contributed by atoms with Gasteiger partial charge in [-0.3, -0.25) is 0 Å². The Hall–Kier alpha value is 2.32. The normalized spacial score (nSPS) is 8.31. The fraction of sp³-hybridized carbons (Fsp3) is 0. The van der Waals surface area contributed by atoms with Crippen molar-refractivity contribution in [3.05, 3.63) is 0 Å². The van der Waals surface area contributed by atoms with Crippen molar-refractivity contribution < 1.29 is 189 Å². The summed E-state index contributed by atoms with van der Waals surface area (Å²) in [6.45, 7) is 0. The molecule has 0 bridgehead atoms. The molecule has 26 heteroatoms. The molecule has 0 rings (SSSR count). The first-order valence-corrected chi connectivity index (χ1v) is 8.33. The van der Waals surface area contributed by atoms with Crippen LogP contribution in [-0.2, 0) is 40.2 Å². The molecule has 0 fully saturated rings. The van der Waals surface area contributed by atoms with Crippen LogP contribution in [0.4, 0.5) is 0 Å². The van der Waals surface area contributed by atoms with Crippen LogP contribution in [-0.4, -0.2) is 0 Å². The molecule has 0 saturated carbocycles. The number of hydrogen-bond acceptors (Lipinski definition) is 18. The molecule has 0 aromatic heterocycles. The molecule has 168 valence electrons. The smallest absolute Gasteiger partial charge is 0.357 e. The van der Waals surface area contributed by atoms with Crippen molar-refractivity contribution in [2.45, 2.75) is 0 Å². The molecular formula is Cl6Ir2O18. The molecule has 0 radical (unpaired) electrons. The van der Waals surface area contributed by atoms with E-state index in [4.69, 9.17) is 83.9 Å². The first kappa shape index (κ1) is 51.2. The third kappa shape index (κ3) is 3140. The van der Waals surface area contributed by atoms with Crippen molar-refractivity contribution in [2.75, 3.05) is 0 Å². The molecule has 0 aliphatic heterocycles. The van der Waals surface area contributed by atoms with E-state index in [-0.39, 0.29) is 40.2 Å².